The zero-order valence-electron chi connectivity index (χ0n) is 14.3. The third-order valence-electron chi connectivity index (χ3n) is 4.75. The number of aryl methyl sites for hydroxylation is 3. The van der Waals surface area contributed by atoms with Gasteiger partial charge in [0.15, 0.2) is 0 Å². The number of hydrogen-bond acceptors (Lipinski definition) is 3. The van der Waals surface area contributed by atoms with E-state index in [0.717, 1.165) is 5.56 Å². The first-order chi connectivity index (χ1) is 12.7. The predicted molar refractivity (Wildman–Crippen MR) is 94.8 cm³/mol. The van der Waals surface area contributed by atoms with Crippen molar-refractivity contribution >= 4 is 9.84 Å². The molecule has 2 heterocycles. The maximum absolute atomic E-state index is 13.5. The lowest BCUT2D eigenvalue weighted by molar-refractivity contribution is -0.0435. The molecule has 4 rings (SSSR count). The molecule has 0 N–H and O–H groups in total. The average Bonchev–Trinajstić information content (AvgIpc) is 3.01. The molecule has 0 bridgehead atoms. The Morgan fingerprint density at radius 3 is 2.30 bits per heavy atom. The third kappa shape index (κ3) is 2.66. The minimum absolute atomic E-state index is 0.00688. The monoisotopic (exact) mass is 392 g/mol. The van der Waals surface area contributed by atoms with E-state index in [4.69, 9.17) is 0 Å². The van der Waals surface area contributed by atoms with Crippen molar-refractivity contribution < 1.29 is 21.6 Å². The van der Waals surface area contributed by atoms with E-state index in [0.29, 0.717) is 29.7 Å². The lowest BCUT2D eigenvalue weighted by Gasteiger charge is -2.19. The summed E-state index contributed by atoms with van der Waals surface area (Å²) >= 11 is 0. The van der Waals surface area contributed by atoms with E-state index < -0.39 is 20.2 Å². The van der Waals surface area contributed by atoms with Gasteiger partial charge in [-0.2, -0.15) is 18.3 Å². The number of alkyl halides is 3. The molecule has 0 fully saturated rings. The number of halogens is 3. The van der Waals surface area contributed by atoms with Crippen molar-refractivity contribution in [2.45, 2.75) is 30.3 Å². The maximum Gasteiger partial charge on any atom is 0.502 e. The molecule has 0 saturated heterocycles. The maximum atomic E-state index is 13.5. The number of nitrogens with zero attached hydrogens (tertiary/aromatic N) is 2. The van der Waals surface area contributed by atoms with Gasteiger partial charge in [-0.3, -0.25) is 4.68 Å². The first kappa shape index (κ1) is 17.8. The van der Waals surface area contributed by atoms with Crippen LogP contribution in [0.4, 0.5) is 13.2 Å². The standard InChI is InChI=1S/C19H15F3N2O2S/c1-12-6-2-4-8-14(12)16-18(27(25,26)19(20,21)22)17-15-9-5-3-7-13(15)10-11-24(17)23-16/h2-9H,10-11H2,1H3. The number of sulfone groups is 1. The van der Waals surface area contributed by atoms with E-state index in [-0.39, 0.29) is 11.4 Å². The highest BCUT2D eigenvalue weighted by Crippen LogP contribution is 2.44. The Morgan fingerprint density at radius 1 is 1.00 bits per heavy atom. The summed E-state index contributed by atoms with van der Waals surface area (Å²) in [5.41, 5.74) is -3.26. The van der Waals surface area contributed by atoms with Crippen molar-refractivity contribution in [1.82, 2.24) is 9.78 Å². The van der Waals surface area contributed by atoms with E-state index in [1.54, 1.807) is 55.5 Å². The highest BCUT2D eigenvalue weighted by atomic mass is 32.2. The van der Waals surface area contributed by atoms with Crippen LogP contribution in [-0.2, 0) is 22.8 Å². The van der Waals surface area contributed by atoms with Crippen LogP contribution in [0.25, 0.3) is 22.5 Å². The second-order valence-corrected chi connectivity index (χ2v) is 8.30. The van der Waals surface area contributed by atoms with Gasteiger partial charge in [-0.25, -0.2) is 8.42 Å². The summed E-state index contributed by atoms with van der Waals surface area (Å²) in [6, 6.07) is 13.6. The highest BCUT2D eigenvalue weighted by Gasteiger charge is 2.51. The van der Waals surface area contributed by atoms with Gasteiger partial charge in [0.05, 0.1) is 5.69 Å². The van der Waals surface area contributed by atoms with Crippen molar-refractivity contribution in [3.8, 4) is 22.5 Å². The van der Waals surface area contributed by atoms with E-state index in [9.17, 15) is 21.6 Å². The Labute approximate surface area is 154 Å². The van der Waals surface area contributed by atoms with Crippen LogP contribution in [0.15, 0.2) is 53.4 Å². The predicted octanol–water partition coefficient (Wildman–Crippen LogP) is 4.38. The van der Waals surface area contributed by atoms with Crippen molar-refractivity contribution in [3.63, 3.8) is 0 Å². The summed E-state index contributed by atoms with van der Waals surface area (Å²) < 4.78 is 67.0. The van der Waals surface area contributed by atoms with Crippen molar-refractivity contribution in [1.29, 1.82) is 0 Å². The van der Waals surface area contributed by atoms with Gasteiger partial charge in [0, 0.05) is 17.7 Å². The van der Waals surface area contributed by atoms with Crippen LogP contribution in [0.2, 0.25) is 0 Å². The number of benzene rings is 2. The van der Waals surface area contributed by atoms with Gasteiger partial charge in [-0.1, -0.05) is 48.5 Å². The molecular formula is C19H15F3N2O2S. The van der Waals surface area contributed by atoms with Gasteiger partial charge in [0.2, 0.25) is 0 Å². The van der Waals surface area contributed by atoms with Crippen molar-refractivity contribution in [2.24, 2.45) is 0 Å². The molecule has 0 atom stereocenters. The van der Waals surface area contributed by atoms with Gasteiger partial charge < -0.3 is 0 Å². The molecule has 1 aromatic heterocycles. The van der Waals surface area contributed by atoms with Gasteiger partial charge in [0.1, 0.15) is 10.6 Å². The Balaban J connectivity index is 2.13. The van der Waals surface area contributed by atoms with Gasteiger partial charge in [-0.15, -0.1) is 0 Å². The topological polar surface area (TPSA) is 52.0 Å². The van der Waals surface area contributed by atoms with Crippen LogP contribution in [-0.4, -0.2) is 23.7 Å². The van der Waals surface area contributed by atoms with Gasteiger partial charge >= 0.3 is 5.51 Å². The fraction of sp³-hybridized carbons (Fsp3) is 0.211. The van der Waals surface area contributed by atoms with Crippen LogP contribution in [0.3, 0.4) is 0 Å². The molecule has 0 aliphatic carbocycles. The summed E-state index contributed by atoms with van der Waals surface area (Å²) in [5, 5.41) is 4.30. The summed E-state index contributed by atoms with van der Waals surface area (Å²) in [7, 11) is -5.60. The van der Waals surface area contributed by atoms with Crippen LogP contribution < -0.4 is 0 Å². The molecular weight excluding hydrogens is 377 g/mol. The molecule has 27 heavy (non-hydrogen) atoms. The first-order valence-corrected chi connectivity index (χ1v) is 9.76. The Bertz CT molecular complexity index is 1150. The molecule has 0 saturated carbocycles. The van der Waals surface area contributed by atoms with E-state index in [1.807, 2.05) is 0 Å². The van der Waals surface area contributed by atoms with Crippen LogP contribution in [0.5, 0.6) is 0 Å². The van der Waals surface area contributed by atoms with Gasteiger partial charge in [-0.05, 0) is 24.5 Å². The molecule has 8 heteroatoms. The fourth-order valence-corrected chi connectivity index (χ4v) is 4.56. The molecule has 0 radical (unpaired) electrons. The summed E-state index contributed by atoms with van der Waals surface area (Å²) in [6.07, 6.45) is 0.573. The van der Waals surface area contributed by atoms with Gasteiger partial charge in [0.25, 0.3) is 9.84 Å². The average molecular weight is 392 g/mol. The van der Waals surface area contributed by atoms with Crippen molar-refractivity contribution in [2.75, 3.05) is 0 Å². The van der Waals surface area contributed by atoms with Crippen molar-refractivity contribution in [3.05, 3.63) is 59.7 Å². The van der Waals surface area contributed by atoms with E-state index in [1.165, 1.54) is 4.68 Å². The Kier molecular flexibility index (Phi) is 3.92. The highest BCUT2D eigenvalue weighted by molar-refractivity contribution is 7.92. The third-order valence-corrected chi connectivity index (χ3v) is 6.28. The minimum atomic E-state index is -5.60. The minimum Gasteiger partial charge on any atom is -0.263 e. The molecule has 3 aromatic rings. The molecule has 0 amide bonds. The molecule has 140 valence electrons. The zero-order chi connectivity index (χ0) is 19.4. The SMILES string of the molecule is Cc1ccccc1-c1nn2c(c1S(=O)(=O)C(F)(F)F)-c1ccccc1CC2. The van der Waals surface area contributed by atoms with Crippen LogP contribution in [0, 0.1) is 6.92 Å². The molecule has 1 aliphatic rings. The summed E-state index contributed by atoms with van der Waals surface area (Å²) in [5.74, 6) is 0. The fourth-order valence-electron chi connectivity index (χ4n) is 3.45. The normalized spacial score (nSPS) is 13.9. The summed E-state index contributed by atoms with van der Waals surface area (Å²) in [6.45, 7) is 2.03. The quantitative estimate of drug-likeness (QED) is 0.651. The Hall–Kier alpha value is -2.61. The summed E-state index contributed by atoms with van der Waals surface area (Å²) in [4.78, 5) is -0.767. The lowest BCUT2D eigenvalue weighted by Crippen LogP contribution is -2.25. The molecule has 1 aliphatic heterocycles. The number of fused-ring (bicyclic) bond motifs is 3. The van der Waals surface area contributed by atoms with Crippen LogP contribution in [0.1, 0.15) is 11.1 Å². The molecule has 4 nitrogen and oxygen atoms in total. The smallest absolute Gasteiger partial charge is 0.263 e. The second-order valence-electron chi connectivity index (χ2n) is 6.42. The largest absolute Gasteiger partial charge is 0.502 e. The first-order valence-electron chi connectivity index (χ1n) is 8.28. The lowest BCUT2D eigenvalue weighted by atomic mass is 9.98. The Morgan fingerprint density at radius 2 is 1.63 bits per heavy atom. The molecule has 2 aromatic carbocycles. The van der Waals surface area contributed by atoms with Crippen LogP contribution >= 0.6 is 0 Å². The molecule has 0 unspecified atom stereocenters. The zero-order valence-corrected chi connectivity index (χ0v) is 15.1. The second kappa shape index (κ2) is 5.95. The number of hydrogen-bond donors (Lipinski definition) is 0. The molecule has 0 spiro atoms. The van der Waals surface area contributed by atoms with E-state index in [2.05, 4.69) is 5.10 Å². The number of aromatic nitrogens is 2. The number of rotatable bonds is 2. The van der Waals surface area contributed by atoms with E-state index >= 15 is 0 Å².